The number of benzene rings is 2. The van der Waals surface area contributed by atoms with Crippen molar-refractivity contribution in [3.63, 3.8) is 0 Å². The van der Waals surface area contributed by atoms with E-state index in [1.54, 1.807) is 0 Å². The van der Waals surface area contributed by atoms with Gasteiger partial charge in [0.15, 0.2) is 0 Å². The quantitative estimate of drug-likeness (QED) is 0.786. The summed E-state index contributed by atoms with van der Waals surface area (Å²) < 4.78 is 0. The monoisotopic (exact) mass is 247 g/mol. The highest BCUT2D eigenvalue weighted by atomic mass is 14.6. The number of nitriles is 2. The van der Waals surface area contributed by atoms with E-state index in [0.717, 1.165) is 22.3 Å². The molecule has 0 spiro atoms. The van der Waals surface area contributed by atoms with E-state index in [9.17, 15) is 5.26 Å². The van der Waals surface area contributed by atoms with Crippen LogP contribution in [0.15, 0.2) is 30.3 Å². The lowest BCUT2D eigenvalue weighted by Gasteiger charge is -2.11. The van der Waals surface area contributed by atoms with Crippen LogP contribution in [0.3, 0.4) is 0 Å². The molecule has 0 aliphatic heterocycles. The Labute approximate surface area is 112 Å². The smallest absolute Gasteiger partial charge is 0.102 e. The number of aryl methyl sites for hydroxylation is 2. The predicted octanol–water partition coefficient (Wildman–Crippen LogP) is 3.30. The highest BCUT2D eigenvalue weighted by molar-refractivity contribution is 5.81. The molecule has 92 valence electrons. The molecule has 0 bridgehead atoms. The average molecular weight is 247 g/mol. The van der Waals surface area contributed by atoms with E-state index in [0.29, 0.717) is 11.1 Å². The molecule has 0 unspecified atom stereocenters. The number of anilines is 1. The van der Waals surface area contributed by atoms with Crippen LogP contribution in [0, 0.1) is 36.5 Å². The van der Waals surface area contributed by atoms with Crippen LogP contribution in [-0.4, -0.2) is 0 Å². The fourth-order valence-corrected chi connectivity index (χ4v) is 2.07. The highest BCUT2D eigenvalue weighted by Crippen LogP contribution is 2.32. The molecule has 0 saturated carbocycles. The van der Waals surface area contributed by atoms with E-state index in [2.05, 4.69) is 6.07 Å². The van der Waals surface area contributed by atoms with Crippen molar-refractivity contribution in [2.45, 2.75) is 13.8 Å². The van der Waals surface area contributed by atoms with Gasteiger partial charge in [-0.3, -0.25) is 0 Å². The maximum Gasteiger partial charge on any atom is 0.102 e. The summed E-state index contributed by atoms with van der Waals surface area (Å²) in [6.07, 6.45) is 0. The first-order chi connectivity index (χ1) is 9.08. The van der Waals surface area contributed by atoms with Gasteiger partial charge in [0.1, 0.15) is 12.1 Å². The standard InChI is InChI=1S/C16H13N3/c1-10-3-5-12(6-4-10)13-7-11(2)14(8-17)16(19)15(13)9-18/h3-7H,19H2,1-2H3. The highest BCUT2D eigenvalue weighted by Gasteiger charge is 2.14. The van der Waals surface area contributed by atoms with Crippen molar-refractivity contribution < 1.29 is 0 Å². The van der Waals surface area contributed by atoms with Gasteiger partial charge in [-0.25, -0.2) is 0 Å². The van der Waals surface area contributed by atoms with E-state index in [1.807, 2.05) is 50.2 Å². The Bertz CT molecular complexity index is 714. The molecule has 2 aromatic carbocycles. The van der Waals surface area contributed by atoms with Gasteiger partial charge in [-0.2, -0.15) is 10.5 Å². The molecule has 0 amide bonds. The van der Waals surface area contributed by atoms with Crippen LogP contribution in [0.25, 0.3) is 11.1 Å². The zero-order valence-electron chi connectivity index (χ0n) is 10.9. The number of nitrogen functional groups attached to an aromatic ring is 1. The summed E-state index contributed by atoms with van der Waals surface area (Å²) >= 11 is 0. The maximum atomic E-state index is 9.29. The number of hydrogen-bond donors (Lipinski definition) is 1. The Morgan fingerprint density at radius 2 is 1.53 bits per heavy atom. The minimum Gasteiger partial charge on any atom is -0.397 e. The van der Waals surface area contributed by atoms with Gasteiger partial charge in [-0.1, -0.05) is 29.8 Å². The summed E-state index contributed by atoms with van der Waals surface area (Å²) in [5.74, 6) is 0. The van der Waals surface area contributed by atoms with Crippen molar-refractivity contribution >= 4 is 5.69 Å². The number of hydrogen-bond acceptors (Lipinski definition) is 3. The van der Waals surface area contributed by atoms with Gasteiger partial charge >= 0.3 is 0 Å². The minimum atomic E-state index is 0.264. The second-order valence-electron chi connectivity index (χ2n) is 4.49. The summed E-state index contributed by atoms with van der Waals surface area (Å²) in [6.45, 7) is 3.83. The van der Waals surface area contributed by atoms with Crippen molar-refractivity contribution in [2.75, 3.05) is 5.73 Å². The molecule has 0 atom stereocenters. The lowest BCUT2D eigenvalue weighted by Crippen LogP contribution is -2.00. The summed E-state index contributed by atoms with van der Waals surface area (Å²) in [5, 5.41) is 18.4. The van der Waals surface area contributed by atoms with Crippen LogP contribution in [0.4, 0.5) is 5.69 Å². The van der Waals surface area contributed by atoms with Gasteiger partial charge in [0.2, 0.25) is 0 Å². The Kier molecular flexibility index (Phi) is 3.23. The third-order valence-corrected chi connectivity index (χ3v) is 3.15. The van der Waals surface area contributed by atoms with Crippen LogP contribution in [0.1, 0.15) is 22.3 Å². The molecule has 2 aromatic rings. The Morgan fingerprint density at radius 1 is 0.947 bits per heavy atom. The van der Waals surface area contributed by atoms with E-state index >= 15 is 0 Å². The molecule has 3 heteroatoms. The second kappa shape index (κ2) is 4.84. The van der Waals surface area contributed by atoms with Gasteiger partial charge in [0.05, 0.1) is 16.8 Å². The van der Waals surface area contributed by atoms with Crippen LogP contribution in [0.2, 0.25) is 0 Å². The Balaban J connectivity index is 2.75. The molecule has 2 rings (SSSR count). The first-order valence-corrected chi connectivity index (χ1v) is 5.88. The van der Waals surface area contributed by atoms with Crippen LogP contribution < -0.4 is 5.73 Å². The zero-order valence-corrected chi connectivity index (χ0v) is 10.9. The van der Waals surface area contributed by atoms with Crippen molar-refractivity contribution in [1.29, 1.82) is 10.5 Å². The fourth-order valence-electron chi connectivity index (χ4n) is 2.07. The van der Waals surface area contributed by atoms with E-state index in [4.69, 9.17) is 11.0 Å². The Hall–Kier alpha value is -2.78. The van der Waals surface area contributed by atoms with Crippen LogP contribution in [-0.2, 0) is 0 Å². The van der Waals surface area contributed by atoms with Gasteiger partial charge in [-0.15, -0.1) is 0 Å². The summed E-state index contributed by atoms with van der Waals surface area (Å²) in [4.78, 5) is 0. The summed E-state index contributed by atoms with van der Waals surface area (Å²) in [7, 11) is 0. The average Bonchev–Trinajstić information content (AvgIpc) is 2.39. The topological polar surface area (TPSA) is 73.6 Å². The van der Waals surface area contributed by atoms with Crippen molar-refractivity contribution in [3.05, 3.63) is 52.6 Å². The molecule has 0 aliphatic rings. The van der Waals surface area contributed by atoms with Crippen LogP contribution >= 0.6 is 0 Å². The molecule has 3 nitrogen and oxygen atoms in total. The number of nitrogens with zero attached hydrogens (tertiary/aromatic N) is 2. The van der Waals surface area contributed by atoms with E-state index in [1.165, 1.54) is 0 Å². The molecule has 0 saturated heterocycles. The number of nitrogens with two attached hydrogens (primary N) is 1. The minimum absolute atomic E-state index is 0.264. The van der Waals surface area contributed by atoms with Crippen molar-refractivity contribution in [2.24, 2.45) is 0 Å². The molecule has 19 heavy (non-hydrogen) atoms. The summed E-state index contributed by atoms with van der Waals surface area (Å²) in [6, 6.07) is 13.9. The van der Waals surface area contributed by atoms with Gasteiger partial charge < -0.3 is 5.73 Å². The molecule has 0 aromatic heterocycles. The maximum absolute atomic E-state index is 9.29. The first kappa shape index (κ1) is 12.7. The van der Waals surface area contributed by atoms with Gasteiger partial charge in [-0.05, 0) is 31.0 Å². The van der Waals surface area contributed by atoms with E-state index in [-0.39, 0.29) is 5.69 Å². The van der Waals surface area contributed by atoms with Crippen LogP contribution in [0.5, 0.6) is 0 Å². The summed E-state index contributed by atoms with van der Waals surface area (Å²) in [5.41, 5.74) is 10.6. The largest absolute Gasteiger partial charge is 0.397 e. The number of rotatable bonds is 1. The predicted molar refractivity (Wildman–Crippen MR) is 75.2 cm³/mol. The van der Waals surface area contributed by atoms with Gasteiger partial charge in [0.25, 0.3) is 0 Å². The zero-order chi connectivity index (χ0) is 14.0. The molecule has 0 aliphatic carbocycles. The molecular formula is C16H13N3. The second-order valence-corrected chi connectivity index (χ2v) is 4.49. The molecule has 0 radical (unpaired) electrons. The van der Waals surface area contributed by atoms with E-state index < -0.39 is 0 Å². The van der Waals surface area contributed by atoms with Crippen molar-refractivity contribution in [1.82, 2.24) is 0 Å². The lowest BCUT2D eigenvalue weighted by atomic mass is 9.93. The third kappa shape index (κ3) is 2.14. The SMILES string of the molecule is Cc1ccc(-c2cc(C)c(C#N)c(N)c2C#N)cc1. The molecule has 2 N–H and O–H groups in total. The van der Waals surface area contributed by atoms with Crippen molar-refractivity contribution in [3.8, 4) is 23.3 Å². The molecule has 0 heterocycles. The molecular weight excluding hydrogens is 234 g/mol. The normalized spacial score (nSPS) is 9.68. The Morgan fingerprint density at radius 3 is 2.05 bits per heavy atom. The molecule has 0 fully saturated rings. The van der Waals surface area contributed by atoms with Gasteiger partial charge in [0, 0.05) is 5.56 Å². The first-order valence-electron chi connectivity index (χ1n) is 5.88. The third-order valence-electron chi connectivity index (χ3n) is 3.15. The lowest BCUT2D eigenvalue weighted by molar-refractivity contribution is 1.37. The fraction of sp³-hybridized carbons (Fsp3) is 0.125.